The molecule has 1 rings (SSSR count). The van der Waals surface area contributed by atoms with Gasteiger partial charge in [0.05, 0.1) is 11.6 Å². The van der Waals surface area contributed by atoms with Gasteiger partial charge in [0.1, 0.15) is 0 Å². The van der Waals surface area contributed by atoms with E-state index in [1.165, 1.54) is 12.3 Å². The molecule has 0 bridgehead atoms. The van der Waals surface area contributed by atoms with Crippen LogP contribution in [0.4, 0.5) is 8.78 Å². The number of hydrogen-bond donors (Lipinski definition) is 0. The summed E-state index contributed by atoms with van der Waals surface area (Å²) in [6, 6.07) is 1.46. The van der Waals surface area contributed by atoms with Crippen molar-refractivity contribution in [1.82, 2.24) is 9.78 Å². The Balaban J connectivity index is 2.78. The zero-order valence-electron chi connectivity index (χ0n) is 4.97. The Kier molecular flexibility index (Phi) is 2.21. The predicted molar refractivity (Wildman–Crippen MR) is 33.0 cm³/mol. The molecule has 0 saturated carbocycles. The molecule has 0 aromatic carbocycles. The molecule has 10 heavy (non-hydrogen) atoms. The summed E-state index contributed by atoms with van der Waals surface area (Å²) in [6.45, 7) is -2.57. The Labute approximate surface area is 61.4 Å². The molecule has 0 amide bonds. The van der Waals surface area contributed by atoms with Gasteiger partial charge in [0, 0.05) is 6.20 Å². The van der Waals surface area contributed by atoms with E-state index in [1.54, 1.807) is 0 Å². The Morgan fingerprint density at radius 3 is 2.70 bits per heavy atom. The Morgan fingerprint density at radius 1 is 1.70 bits per heavy atom. The van der Waals surface area contributed by atoms with E-state index in [4.69, 9.17) is 11.6 Å². The van der Waals surface area contributed by atoms with Gasteiger partial charge in [0.2, 0.25) is 0 Å². The first-order valence-corrected chi connectivity index (χ1v) is 3.15. The molecule has 0 radical (unpaired) electrons. The minimum Gasteiger partial charge on any atom is -0.211 e. The standard InChI is InChI=1S/C5H5ClF2N2/c6-3-4-1-2-10(9-4)5(7)8/h1-2,5H,3H2. The number of rotatable bonds is 2. The van der Waals surface area contributed by atoms with Gasteiger partial charge in [-0.15, -0.1) is 11.6 Å². The highest BCUT2D eigenvalue weighted by Gasteiger charge is 2.05. The summed E-state index contributed by atoms with van der Waals surface area (Å²) >= 11 is 5.32. The normalized spacial score (nSPS) is 10.8. The Bertz CT molecular complexity index is 211. The zero-order chi connectivity index (χ0) is 7.56. The summed E-state index contributed by atoms with van der Waals surface area (Å²) in [5.74, 6) is 0.166. The van der Waals surface area contributed by atoms with Crippen molar-refractivity contribution in [1.29, 1.82) is 0 Å². The van der Waals surface area contributed by atoms with Crippen molar-refractivity contribution in [2.24, 2.45) is 0 Å². The van der Waals surface area contributed by atoms with Gasteiger partial charge in [0.15, 0.2) is 0 Å². The van der Waals surface area contributed by atoms with Crippen LogP contribution in [0, 0.1) is 0 Å². The lowest BCUT2D eigenvalue weighted by atomic mass is 10.5. The first-order valence-electron chi connectivity index (χ1n) is 2.62. The van der Waals surface area contributed by atoms with Crippen LogP contribution in [0.2, 0.25) is 0 Å². The van der Waals surface area contributed by atoms with Gasteiger partial charge >= 0.3 is 6.55 Å². The molecule has 0 spiro atoms. The molecule has 0 saturated heterocycles. The molecule has 0 atom stereocenters. The summed E-state index contributed by atoms with van der Waals surface area (Å²) < 4.78 is 24.1. The van der Waals surface area contributed by atoms with Crippen LogP contribution in [-0.4, -0.2) is 9.78 Å². The van der Waals surface area contributed by atoms with E-state index >= 15 is 0 Å². The third-order valence-corrected chi connectivity index (χ3v) is 1.27. The van der Waals surface area contributed by atoms with Gasteiger partial charge in [-0.1, -0.05) is 0 Å². The third kappa shape index (κ3) is 1.44. The molecule has 0 aliphatic heterocycles. The molecule has 2 nitrogen and oxygen atoms in total. The summed E-state index contributed by atoms with van der Waals surface area (Å²) in [4.78, 5) is 0. The molecule has 56 valence electrons. The molecule has 1 aromatic heterocycles. The van der Waals surface area contributed by atoms with Crippen molar-refractivity contribution in [3.05, 3.63) is 18.0 Å². The number of aromatic nitrogens is 2. The molecule has 0 fully saturated rings. The van der Waals surface area contributed by atoms with E-state index in [2.05, 4.69) is 5.10 Å². The third-order valence-electron chi connectivity index (χ3n) is 1.00. The van der Waals surface area contributed by atoms with Crippen LogP contribution in [0.1, 0.15) is 12.2 Å². The van der Waals surface area contributed by atoms with Gasteiger partial charge in [-0.3, -0.25) is 0 Å². The van der Waals surface area contributed by atoms with Crippen LogP contribution in [0.25, 0.3) is 0 Å². The molecule has 0 aliphatic rings. The van der Waals surface area contributed by atoms with E-state index < -0.39 is 6.55 Å². The second kappa shape index (κ2) is 2.96. The molecule has 5 heteroatoms. The topological polar surface area (TPSA) is 17.8 Å². The van der Waals surface area contributed by atoms with Gasteiger partial charge in [-0.2, -0.15) is 13.9 Å². The highest BCUT2D eigenvalue weighted by atomic mass is 35.5. The lowest BCUT2D eigenvalue weighted by Crippen LogP contribution is -1.98. The molecular weight excluding hydrogens is 162 g/mol. The van der Waals surface area contributed by atoms with Crippen molar-refractivity contribution >= 4 is 11.6 Å². The van der Waals surface area contributed by atoms with Crippen molar-refractivity contribution < 1.29 is 8.78 Å². The average molecular weight is 167 g/mol. The SMILES string of the molecule is FC(F)n1ccc(CCl)n1. The van der Waals surface area contributed by atoms with E-state index in [0.717, 1.165) is 0 Å². The monoisotopic (exact) mass is 166 g/mol. The second-order valence-corrected chi connectivity index (χ2v) is 1.97. The van der Waals surface area contributed by atoms with Crippen molar-refractivity contribution in [2.45, 2.75) is 12.4 Å². The predicted octanol–water partition coefficient (Wildman–Crippen LogP) is 2.02. The Morgan fingerprint density at radius 2 is 2.40 bits per heavy atom. The fourth-order valence-corrected chi connectivity index (χ4v) is 0.700. The summed E-state index contributed by atoms with van der Waals surface area (Å²) in [7, 11) is 0. The van der Waals surface area contributed by atoms with Crippen LogP contribution < -0.4 is 0 Å². The van der Waals surface area contributed by atoms with Crippen LogP contribution in [0.3, 0.4) is 0 Å². The summed E-state index contributed by atoms with van der Waals surface area (Å²) in [6.07, 6.45) is 1.20. The molecule has 0 N–H and O–H groups in total. The minimum atomic E-state index is -2.57. The van der Waals surface area contributed by atoms with E-state index in [0.29, 0.717) is 10.4 Å². The van der Waals surface area contributed by atoms with Crippen LogP contribution in [0.5, 0.6) is 0 Å². The molecule has 0 unspecified atom stereocenters. The Hall–Kier alpha value is -0.640. The maximum absolute atomic E-state index is 11.8. The maximum atomic E-state index is 11.8. The van der Waals surface area contributed by atoms with Gasteiger partial charge in [-0.05, 0) is 6.07 Å². The fraction of sp³-hybridized carbons (Fsp3) is 0.400. The van der Waals surface area contributed by atoms with Crippen LogP contribution in [0.15, 0.2) is 12.3 Å². The highest BCUT2D eigenvalue weighted by Crippen LogP contribution is 2.09. The van der Waals surface area contributed by atoms with E-state index in [-0.39, 0.29) is 5.88 Å². The van der Waals surface area contributed by atoms with Gasteiger partial charge < -0.3 is 0 Å². The number of alkyl halides is 3. The van der Waals surface area contributed by atoms with Gasteiger partial charge in [0.25, 0.3) is 0 Å². The van der Waals surface area contributed by atoms with E-state index in [9.17, 15) is 8.78 Å². The van der Waals surface area contributed by atoms with Crippen molar-refractivity contribution in [2.75, 3.05) is 0 Å². The maximum Gasteiger partial charge on any atom is 0.333 e. The number of hydrogen-bond acceptors (Lipinski definition) is 1. The first-order chi connectivity index (χ1) is 4.74. The highest BCUT2D eigenvalue weighted by molar-refractivity contribution is 6.16. The summed E-state index contributed by atoms with van der Waals surface area (Å²) in [5, 5.41) is 3.46. The molecule has 0 aliphatic carbocycles. The van der Waals surface area contributed by atoms with Crippen LogP contribution in [-0.2, 0) is 5.88 Å². The van der Waals surface area contributed by atoms with Crippen LogP contribution >= 0.6 is 11.6 Å². The fourth-order valence-electron chi connectivity index (χ4n) is 0.557. The number of nitrogens with zero attached hydrogens (tertiary/aromatic N) is 2. The largest absolute Gasteiger partial charge is 0.333 e. The van der Waals surface area contributed by atoms with Crippen molar-refractivity contribution in [3.8, 4) is 0 Å². The average Bonchev–Trinajstić information content (AvgIpc) is 2.34. The molecular formula is C5H5ClF2N2. The second-order valence-electron chi connectivity index (χ2n) is 1.70. The first kappa shape index (κ1) is 7.47. The van der Waals surface area contributed by atoms with Crippen molar-refractivity contribution in [3.63, 3.8) is 0 Å². The molecule has 1 heterocycles. The summed E-state index contributed by atoms with van der Waals surface area (Å²) in [5.41, 5.74) is 0.460. The quantitative estimate of drug-likeness (QED) is 0.615. The molecule has 1 aromatic rings. The lowest BCUT2D eigenvalue weighted by molar-refractivity contribution is 0.0563. The zero-order valence-corrected chi connectivity index (χ0v) is 5.72. The number of halogens is 3. The lowest BCUT2D eigenvalue weighted by Gasteiger charge is -1.94. The minimum absolute atomic E-state index is 0.166. The smallest absolute Gasteiger partial charge is 0.211 e. The van der Waals surface area contributed by atoms with E-state index in [1.807, 2.05) is 0 Å². The van der Waals surface area contributed by atoms with Gasteiger partial charge in [-0.25, -0.2) is 4.68 Å².